The van der Waals surface area contributed by atoms with Gasteiger partial charge < -0.3 is 15.4 Å². The van der Waals surface area contributed by atoms with Gasteiger partial charge in [0.2, 0.25) is 0 Å². The summed E-state index contributed by atoms with van der Waals surface area (Å²) in [5.74, 6) is -0.277. The molecule has 1 atom stereocenters. The maximum absolute atomic E-state index is 11.6. The van der Waals surface area contributed by atoms with Crippen LogP contribution in [0, 0.1) is 0 Å². The predicted molar refractivity (Wildman–Crippen MR) is 73.4 cm³/mol. The molecule has 1 saturated heterocycles. The molecule has 1 heterocycles. The molecule has 0 aromatic heterocycles. The summed E-state index contributed by atoms with van der Waals surface area (Å²) in [6, 6.07) is 0. The molecule has 1 unspecified atom stereocenters. The Bertz CT molecular complexity index is 246. The van der Waals surface area contributed by atoms with Crippen molar-refractivity contribution in [3.8, 4) is 0 Å². The fraction of sp³-hybridized carbons (Fsp3) is 0.929. The average Bonchev–Trinajstić information content (AvgIpc) is 2.58. The minimum Gasteiger partial charge on any atom is -0.465 e. The largest absolute Gasteiger partial charge is 0.465 e. The van der Waals surface area contributed by atoms with E-state index in [1.807, 2.05) is 6.92 Å². The Morgan fingerprint density at radius 3 is 2.44 bits per heavy atom. The number of ether oxygens (including phenoxy) is 1. The van der Waals surface area contributed by atoms with Crippen molar-refractivity contribution in [2.75, 3.05) is 26.2 Å². The molecule has 0 amide bonds. The van der Waals surface area contributed by atoms with Crippen molar-refractivity contribution in [1.29, 1.82) is 0 Å². The minimum atomic E-state index is -0.831. The fourth-order valence-electron chi connectivity index (χ4n) is 2.43. The Morgan fingerprint density at radius 2 is 1.89 bits per heavy atom. The third-order valence-corrected chi connectivity index (χ3v) is 3.61. The normalized spacial score (nSPS) is 21.1. The molecule has 1 aliphatic heterocycles. The monoisotopic (exact) mass is 256 g/mol. The van der Waals surface area contributed by atoms with Gasteiger partial charge in [0.25, 0.3) is 0 Å². The molecule has 1 fully saturated rings. The molecule has 0 aliphatic carbocycles. The Labute approximate surface area is 111 Å². The van der Waals surface area contributed by atoms with Gasteiger partial charge >= 0.3 is 5.97 Å². The van der Waals surface area contributed by atoms with Crippen molar-refractivity contribution >= 4 is 5.97 Å². The number of carbonyl (C=O) groups is 1. The van der Waals surface area contributed by atoms with E-state index < -0.39 is 5.54 Å². The lowest BCUT2D eigenvalue weighted by Gasteiger charge is -2.25. The Morgan fingerprint density at radius 1 is 1.28 bits per heavy atom. The summed E-state index contributed by atoms with van der Waals surface area (Å²) in [7, 11) is 0. The van der Waals surface area contributed by atoms with E-state index in [2.05, 4.69) is 4.90 Å². The van der Waals surface area contributed by atoms with Crippen LogP contribution in [0.2, 0.25) is 0 Å². The van der Waals surface area contributed by atoms with Crippen molar-refractivity contribution in [2.24, 2.45) is 5.73 Å². The third kappa shape index (κ3) is 5.36. The molecule has 0 spiro atoms. The number of hydrogen-bond acceptors (Lipinski definition) is 4. The van der Waals surface area contributed by atoms with Crippen LogP contribution in [-0.4, -0.2) is 42.6 Å². The zero-order chi connectivity index (χ0) is 13.4. The summed E-state index contributed by atoms with van der Waals surface area (Å²) in [5, 5.41) is 0. The van der Waals surface area contributed by atoms with E-state index in [-0.39, 0.29) is 5.97 Å². The van der Waals surface area contributed by atoms with Gasteiger partial charge in [-0.3, -0.25) is 4.79 Å². The molecular weight excluding hydrogens is 228 g/mol. The molecule has 0 aromatic carbocycles. The zero-order valence-corrected chi connectivity index (χ0v) is 11.9. The van der Waals surface area contributed by atoms with Crippen molar-refractivity contribution < 1.29 is 9.53 Å². The molecule has 4 heteroatoms. The van der Waals surface area contributed by atoms with Gasteiger partial charge in [0.1, 0.15) is 5.54 Å². The van der Waals surface area contributed by atoms with Crippen molar-refractivity contribution in [3.05, 3.63) is 0 Å². The molecule has 1 aliphatic rings. The van der Waals surface area contributed by atoms with E-state index in [0.29, 0.717) is 13.0 Å². The first-order valence-corrected chi connectivity index (χ1v) is 7.24. The second kappa shape index (κ2) is 7.74. The van der Waals surface area contributed by atoms with Crippen LogP contribution in [0.15, 0.2) is 0 Å². The predicted octanol–water partition coefficient (Wildman–Crippen LogP) is 1.92. The highest BCUT2D eigenvalue weighted by atomic mass is 16.5. The standard InChI is InChI=1S/C14H28N2O2/c1-3-18-13(17)14(2,15)9-8-12-16-10-6-4-5-7-11-16/h3-12,15H2,1-2H3. The van der Waals surface area contributed by atoms with E-state index in [1.165, 1.54) is 38.8 Å². The zero-order valence-electron chi connectivity index (χ0n) is 11.9. The third-order valence-electron chi connectivity index (χ3n) is 3.61. The van der Waals surface area contributed by atoms with Crippen LogP contribution >= 0.6 is 0 Å². The minimum absolute atomic E-state index is 0.277. The first-order valence-electron chi connectivity index (χ1n) is 7.24. The van der Waals surface area contributed by atoms with E-state index in [4.69, 9.17) is 10.5 Å². The summed E-state index contributed by atoms with van der Waals surface area (Å²) in [4.78, 5) is 14.1. The molecular formula is C14H28N2O2. The van der Waals surface area contributed by atoms with Gasteiger partial charge in [-0.25, -0.2) is 0 Å². The van der Waals surface area contributed by atoms with Gasteiger partial charge in [-0.15, -0.1) is 0 Å². The van der Waals surface area contributed by atoms with E-state index in [9.17, 15) is 4.79 Å². The van der Waals surface area contributed by atoms with Crippen LogP contribution in [0.3, 0.4) is 0 Å². The number of hydrogen-bond donors (Lipinski definition) is 1. The molecule has 0 bridgehead atoms. The first-order chi connectivity index (χ1) is 8.56. The van der Waals surface area contributed by atoms with Crippen LogP contribution in [0.1, 0.15) is 52.4 Å². The summed E-state index contributed by atoms with van der Waals surface area (Å²) in [6.45, 7) is 7.42. The van der Waals surface area contributed by atoms with Gasteiger partial charge in [-0.2, -0.15) is 0 Å². The molecule has 0 saturated carbocycles. The highest BCUT2D eigenvalue weighted by Gasteiger charge is 2.29. The average molecular weight is 256 g/mol. The molecule has 18 heavy (non-hydrogen) atoms. The van der Waals surface area contributed by atoms with Crippen molar-refractivity contribution in [3.63, 3.8) is 0 Å². The Hall–Kier alpha value is -0.610. The quantitative estimate of drug-likeness (QED) is 0.738. The van der Waals surface area contributed by atoms with E-state index >= 15 is 0 Å². The number of nitrogens with zero attached hydrogens (tertiary/aromatic N) is 1. The summed E-state index contributed by atoms with van der Waals surface area (Å²) in [5.41, 5.74) is 5.17. The van der Waals surface area contributed by atoms with Gasteiger partial charge in [0.15, 0.2) is 0 Å². The lowest BCUT2D eigenvalue weighted by Crippen LogP contribution is -2.46. The van der Waals surface area contributed by atoms with Gasteiger partial charge in [0, 0.05) is 0 Å². The van der Waals surface area contributed by atoms with Crippen LogP contribution < -0.4 is 5.73 Å². The SMILES string of the molecule is CCOC(=O)C(C)(N)CCCN1CCCCCC1. The summed E-state index contributed by atoms with van der Waals surface area (Å²) < 4.78 is 4.99. The van der Waals surface area contributed by atoms with E-state index in [0.717, 1.165) is 13.0 Å². The number of esters is 1. The highest BCUT2D eigenvalue weighted by molar-refractivity contribution is 5.79. The second-order valence-corrected chi connectivity index (χ2v) is 5.50. The lowest BCUT2D eigenvalue weighted by molar-refractivity contribution is -0.149. The Kier molecular flexibility index (Phi) is 6.65. The number of carbonyl (C=O) groups excluding carboxylic acids is 1. The number of rotatable bonds is 6. The van der Waals surface area contributed by atoms with Crippen molar-refractivity contribution in [1.82, 2.24) is 4.90 Å². The van der Waals surface area contributed by atoms with Gasteiger partial charge in [0.05, 0.1) is 6.61 Å². The number of nitrogens with two attached hydrogens (primary N) is 1. The fourth-order valence-corrected chi connectivity index (χ4v) is 2.43. The molecule has 2 N–H and O–H groups in total. The summed E-state index contributed by atoms with van der Waals surface area (Å²) in [6.07, 6.45) is 6.98. The summed E-state index contributed by atoms with van der Waals surface area (Å²) >= 11 is 0. The highest BCUT2D eigenvalue weighted by Crippen LogP contribution is 2.14. The van der Waals surface area contributed by atoms with Crippen LogP contribution in [0.5, 0.6) is 0 Å². The molecule has 106 valence electrons. The maximum Gasteiger partial charge on any atom is 0.325 e. The smallest absolute Gasteiger partial charge is 0.325 e. The maximum atomic E-state index is 11.6. The lowest BCUT2D eigenvalue weighted by atomic mass is 9.97. The molecule has 0 aromatic rings. The first kappa shape index (κ1) is 15.4. The van der Waals surface area contributed by atoms with Gasteiger partial charge in [-0.05, 0) is 59.2 Å². The topological polar surface area (TPSA) is 55.6 Å². The second-order valence-electron chi connectivity index (χ2n) is 5.50. The number of likely N-dealkylation sites (tertiary alicyclic amines) is 1. The molecule has 1 rings (SSSR count). The Balaban J connectivity index is 2.24. The van der Waals surface area contributed by atoms with Crippen molar-refractivity contribution in [2.45, 2.75) is 57.9 Å². The van der Waals surface area contributed by atoms with Gasteiger partial charge in [-0.1, -0.05) is 12.8 Å². The van der Waals surface area contributed by atoms with Crippen LogP contribution in [0.4, 0.5) is 0 Å². The van der Waals surface area contributed by atoms with Crippen LogP contribution in [0.25, 0.3) is 0 Å². The molecule has 0 radical (unpaired) electrons. The van der Waals surface area contributed by atoms with Crippen LogP contribution in [-0.2, 0) is 9.53 Å². The van der Waals surface area contributed by atoms with E-state index in [1.54, 1.807) is 6.92 Å². The molecule has 4 nitrogen and oxygen atoms in total.